The number of rotatable bonds is 16. The molecule has 4 aromatic carbocycles. The number of pyridine rings is 2. The predicted molar refractivity (Wildman–Crippen MR) is 303 cm³/mol. The van der Waals surface area contributed by atoms with Crippen molar-refractivity contribution in [3.05, 3.63) is 179 Å². The molecule has 0 saturated heterocycles. The first kappa shape index (κ1) is 58.6. The van der Waals surface area contributed by atoms with Gasteiger partial charge in [-0.05, 0) is 106 Å². The van der Waals surface area contributed by atoms with E-state index in [2.05, 4.69) is 50.5 Å². The van der Waals surface area contributed by atoms with E-state index in [4.69, 9.17) is 11.6 Å². The Hall–Kier alpha value is -8.57. The number of aromatic nitrogens is 8. The maximum absolute atomic E-state index is 16.0. The minimum Gasteiger partial charge on any atom is -0.352 e. The van der Waals surface area contributed by atoms with Crippen LogP contribution in [0.25, 0.3) is 64.8 Å². The lowest BCUT2D eigenvalue weighted by Crippen LogP contribution is -2.18. The van der Waals surface area contributed by atoms with E-state index in [0.717, 1.165) is 78.2 Å². The van der Waals surface area contributed by atoms with Gasteiger partial charge >= 0.3 is 0 Å². The standard InChI is InChI=1S/C28H22F4N6O2S2.C27H17ClF4N6O2S2/c1-14(2)35-28-34-10-9-21(36-28)25-24(37-27(41-25)16-11-17(29)13-33-12-16)18-5-4-6-20(23(18)32)38-42(39,40)26-19(30)8-7-15(3)22(26)31;28-17-6-7-18(30)25(22(17)32)42(39,40)38-19-3-1-2-16(21(19)31)23-24(20-8-9-34-27(36-20)35-15-4-5-15)41-26(37-23)13-10-14(29)12-33-11-13/h4-14,38H,1-3H3,(H,34,35,36);1-3,6-12,15,38H,4-5H2,(H,34,35,36). The van der Waals surface area contributed by atoms with E-state index in [1.54, 1.807) is 12.1 Å². The SMILES string of the molecule is Cc1ccc(F)c(S(=O)(=O)Nc2cccc(-c3nc(-c4cncc(F)c4)sc3-c3ccnc(NC(C)C)n3)c2F)c1F.O=S(=O)(Nc1cccc(-c2nc(-c3cncc(F)c3)sc2-c2ccnc(NC3CC3)n2)c1F)c1c(F)ccc(Cl)c1F. The van der Waals surface area contributed by atoms with Crippen molar-refractivity contribution in [1.29, 1.82) is 0 Å². The number of anilines is 4. The highest BCUT2D eigenvalue weighted by atomic mass is 35.5. The third kappa shape index (κ3) is 12.7. The first-order valence-electron chi connectivity index (χ1n) is 24.7. The van der Waals surface area contributed by atoms with E-state index in [0.29, 0.717) is 55.2 Å². The number of sulfonamides is 2. The van der Waals surface area contributed by atoms with Gasteiger partial charge < -0.3 is 10.6 Å². The fourth-order valence-corrected chi connectivity index (χ4v) is 12.8. The molecule has 430 valence electrons. The number of nitrogens with one attached hydrogen (secondary N) is 4. The van der Waals surface area contributed by atoms with Crippen molar-refractivity contribution in [3.63, 3.8) is 0 Å². The Morgan fingerprint density at radius 1 is 0.571 bits per heavy atom. The molecule has 29 heteroatoms. The van der Waals surface area contributed by atoms with E-state index < -0.39 is 92.8 Å². The molecule has 0 spiro atoms. The van der Waals surface area contributed by atoms with Gasteiger partial charge in [0.05, 0.1) is 61.3 Å². The number of thiazole rings is 2. The molecule has 1 saturated carbocycles. The number of aryl methyl sites for hydroxylation is 1. The Morgan fingerprint density at radius 2 is 1.05 bits per heavy atom. The topological polar surface area (TPSA) is 220 Å². The second-order valence-corrected chi connectivity index (χ2v) is 24.3. The van der Waals surface area contributed by atoms with E-state index in [9.17, 15) is 43.2 Å². The van der Waals surface area contributed by atoms with Crippen LogP contribution in [0.3, 0.4) is 0 Å². The predicted octanol–water partition coefficient (Wildman–Crippen LogP) is 13.7. The van der Waals surface area contributed by atoms with Crippen molar-refractivity contribution in [2.45, 2.75) is 55.5 Å². The molecule has 1 fully saturated rings. The Kier molecular flexibility index (Phi) is 16.7. The number of benzene rings is 4. The lowest BCUT2D eigenvalue weighted by molar-refractivity contribution is 0.515. The molecule has 0 radical (unpaired) electrons. The molecule has 4 N–H and O–H groups in total. The monoisotopic (exact) mass is 1250 g/mol. The highest BCUT2D eigenvalue weighted by molar-refractivity contribution is 7.93. The summed E-state index contributed by atoms with van der Waals surface area (Å²) in [5.74, 6) is -8.22. The maximum Gasteiger partial charge on any atom is 0.267 e. The van der Waals surface area contributed by atoms with Gasteiger partial charge in [0.25, 0.3) is 20.0 Å². The summed E-state index contributed by atoms with van der Waals surface area (Å²) in [6.45, 7) is 5.08. The van der Waals surface area contributed by atoms with Crippen LogP contribution in [-0.4, -0.2) is 68.8 Å². The zero-order chi connectivity index (χ0) is 59.8. The van der Waals surface area contributed by atoms with E-state index in [1.165, 1.54) is 68.1 Å². The van der Waals surface area contributed by atoms with Gasteiger partial charge in [-0.3, -0.25) is 19.4 Å². The van der Waals surface area contributed by atoms with E-state index in [-0.39, 0.29) is 45.2 Å². The molecular formula is C55H39ClF8N12O4S4. The molecule has 0 atom stereocenters. The Bertz CT molecular complexity index is 4160. The van der Waals surface area contributed by atoms with Gasteiger partial charge in [0, 0.05) is 59.1 Å². The molecule has 0 amide bonds. The second kappa shape index (κ2) is 24.0. The molecule has 1 aliphatic rings. The van der Waals surface area contributed by atoms with Crippen LogP contribution in [0, 0.1) is 53.5 Å². The van der Waals surface area contributed by atoms with Crippen molar-refractivity contribution in [1.82, 2.24) is 39.9 Å². The Morgan fingerprint density at radius 3 is 1.54 bits per heavy atom. The first-order chi connectivity index (χ1) is 40.0. The van der Waals surface area contributed by atoms with Crippen LogP contribution in [0.2, 0.25) is 5.02 Å². The van der Waals surface area contributed by atoms with Gasteiger partial charge in [0.1, 0.15) is 39.1 Å². The number of hydrogen-bond donors (Lipinski definition) is 4. The fraction of sp³-hybridized carbons (Fsp3) is 0.127. The summed E-state index contributed by atoms with van der Waals surface area (Å²) in [5.41, 5.74) is -0.0353. The van der Waals surface area contributed by atoms with Gasteiger partial charge in [-0.25, -0.2) is 81.9 Å². The third-order valence-corrected chi connectivity index (χ3v) is 17.4. The smallest absolute Gasteiger partial charge is 0.267 e. The highest BCUT2D eigenvalue weighted by Crippen LogP contribution is 2.44. The van der Waals surface area contributed by atoms with Gasteiger partial charge in [-0.1, -0.05) is 29.8 Å². The Balaban J connectivity index is 0.000000187. The molecule has 1 aliphatic carbocycles. The van der Waals surface area contributed by atoms with Crippen LogP contribution in [0.1, 0.15) is 32.3 Å². The summed E-state index contributed by atoms with van der Waals surface area (Å²) >= 11 is 7.83. The zero-order valence-corrected chi connectivity index (χ0v) is 47.4. The van der Waals surface area contributed by atoms with Crippen LogP contribution < -0.4 is 20.1 Å². The molecule has 10 aromatic rings. The number of nitrogens with zero attached hydrogens (tertiary/aromatic N) is 8. The van der Waals surface area contributed by atoms with Gasteiger partial charge in [-0.15, -0.1) is 22.7 Å². The summed E-state index contributed by atoms with van der Waals surface area (Å²) in [4.78, 5) is 32.4. The third-order valence-electron chi connectivity index (χ3n) is 12.0. The van der Waals surface area contributed by atoms with Gasteiger partial charge in [-0.2, -0.15) is 0 Å². The largest absolute Gasteiger partial charge is 0.352 e. The quantitative estimate of drug-likeness (QED) is 0.0522. The summed E-state index contributed by atoms with van der Waals surface area (Å²) in [7, 11) is -9.83. The van der Waals surface area contributed by atoms with Gasteiger partial charge in [0.15, 0.2) is 27.2 Å². The second-order valence-electron chi connectivity index (χ2n) is 18.7. The fourth-order valence-electron chi connectivity index (χ4n) is 8.05. The van der Waals surface area contributed by atoms with Crippen molar-refractivity contribution < 1.29 is 52.0 Å². The lowest BCUT2D eigenvalue weighted by Gasteiger charge is -2.13. The average Bonchev–Trinajstić information content (AvgIpc) is 3.65. The van der Waals surface area contributed by atoms with E-state index in [1.807, 2.05) is 23.3 Å². The van der Waals surface area contributed by atoms with Crippen LogP contribution in [0.5, 0.6) is 0 Å². The van der Waals surface area contributed by atoms with Crippen LogP contribution >= 0.6 is 34.3 Å². The zero-order valence-electron chi connectivity index (χ0n) is 43.4. The summed E-state index contributed by atoms with van der Waals surface area (Å²) < 4.78 is 174. The van der Waals surface area contributed by atoms with Crippen LogP contribution in [0.4, 0.5) is 58.4 Å². The molecule has 0 bridgehead atoms. The normalized spacial score (nSPS) is 12.4. The van der Waals surface area contributed by atoms with Crippen LogP contribution in [0.15, 0.2) is 132 Å². The minimum absolute atomic E-state index is 0.0142. The Labute approximate surface area is 486 Å². The lowest BCUT2D eigenvalue weighted by atomic mass is 10.1. The molecule has 0 unspecified atom stereocenters. The molecule has 0 aliphatic heterocycles. The summed E-state index contributed by atoms with van der Waals surface area (Å²) in [6, 6.07) is 17.0. The molecular weight excluding hydrogens is 1210 g/mol. The van der Waals surface area contributed by atoms with Gasteiger partial charge in [0.2, 0.25) is 11.9 Å². The molecule has 6 aromatic heterocycles. The molecule has 84 heavy (non-hydrogen) atoms. The van der Waals surface area contributed by atoms with Crippen molar-refractivity contribution in [2.24, 2.45) is 0 Å². The van der Waals surface area contributed by atoms with Crippen molar-refractivity contribution in [2.75, 3.05) is 20.1 Å². The summed E-state index contributed by atoms with van der Waals surface area (Å²) in [6.07, 6.45) is 9.83. The summed E-state index contributed by atoms with van der Waals surface area (Å²) in [5, 5.41) is 6.22. The number of halogens is 9. The molecule has 6 heterocycles. The molecule has 11 rings (SSSR count). The van der Waals surface area contributed by atoms with E-state index >= 15 is 8.78 Å². The van der Waals surface area contributed by atoms with Crippen LogP contribution in [-0.2, 0) is 20.0 Å². The molecule has 16 nitrogen and oxygen atoms in total. The highest BCUT2D eigenvalue weighted by Gasteiger charge is 2.31. The first-order valence-corrected chi connectivity index (χ1v) is 29.7. The maximum atomic E-state index is 16.0. The minimum atomic E-state index is -4.96. The van der Waals surface area contributed by atoms with Crippen molar-refractivity contribution >= 4 is 77.6 Å². The van der Waals surface area contributed by atoms with Crippen molar-refractivity contribution in [3.8, 4) is 64.8 Å². The number of hydrogen-bond acceptors (Lipinski definition) is 16. The average molecular weight is 1250 g/mol.